The zero-order chi connectivity index (χ0) is 13.2. The van der Waals surface area contributed by atoms with Gasteiger partial charge in [0, 0.05) is 12.6 Å². The van der Waals surface area contributed by atoms with Crippen molar-refractivity contribution >= 4 is 0 Å². The molecule has 2 saturated heterocycles. The van der Waals surface area contributed by atoms with E-state index in [0.29, 0.717) is 12.0 Å². The topological polar surface area (TPSA) is 23.5 Å². The van der Waals surface area contributed by atoms with E-state index in [4.69, 9.17) is 0 Å². The lowest BCUT2D eigenvalue weighted by Crippen LogP contribution is -2.57. The van der Waals surface area contributed by atoms with Crippen LogP contribution in [-0.2, 0) is 0 Å². The minimum Gasteiger partial charge on any atom is -0.388 e. The molecule has 1 N–H and O–H groups in total. The van der Waals surface area contributed by atoms with Crippen molar-refractivity contribution in [2.45, 2.75) is 70.9 Å². The van der Waals surface area contributed by atoms with Crippen molar-refractivity contribution in [3.63, 3.8) is 0 Å². The summed E-state index contributed by atoms with van der Waals surface area (Å²) in [6.45, 7) is 8.84. The summed E-state index contributed by atoms with van der Waals surface area (Å²) in [5.41, 5.74) is 0.940. The van der Waals surface area contributed by atoms with Crippen LogP contribution < -0.4 is 0 Å². The molecule has 3 unspecified atom stereocenters. The van der Waals surface area contributed by atoms with Crippen LogP contribution in [0.5, 0.6) is 0 Å². The predicted molar refractivity (Wildman–Crippen MR) is 76.6 cm³/mol. The predicted octanol–water partition coefficient (Wildman–Crippen LogP) is 3.36. The second-order valence-electron chi connectivity index (χ2n) is 6.61. The van der Waals surface area contributed by atoms with E-state index in [1.54, 1.807) is 0 Å². The SMILES string of the molecule is CCCC(C)/C=C1\CN2CCCCC2C(C)(O)C1. The molecule has 3 atom stereocenters. The molecule has 0 aromatic carbocycles. The number of nitrogens with zero attached hydrogens (tertiary/aromatic N) is 1. The molecule has 2 nitrogen and oxygen atoms in total. The third-order valence-corrected chi connectivity index (χ3v) is 4.59. The van der Waals surface area contributed by atoms with Crippen LogP contribution in [0.4, 0.5) is 0 Å². The summed E-state index contributed by atoms with van der Waals surface area (Å²) >= 11 is 0. The lowest BCUT2D eigenvalue weighted by molar-refractivity contribution is -0.0641. The zero-order valence-corrected chi connectivity index (χ0v) is 12.3. The van der Waals surface area contributed by atoms with Crippen molar-refractivity contribution in [1.29, 1.82) is 0 Å². The molecular formula is C16H29NO. The molecule has 2 aliphatic rings. The van der Waals surface area contributed by atoms with Gasteiger partial charge in [-0.25, -0.2) is 0 Å². The Balaban J connectivity index is 2.07. The second-order valence-corrected chi connectivity index (χ2v) is 6.61. The van der Waals surface area contributed by atoms with Gasteiger partial charge in [-0.05, 0) is 45.1 Å². The molecule has 2 heterocycles. The van der Waals surface area contributed by atoms with Crippen LogP contribution in [0.2, 0.25) is 0 Å². The van der Waals surface area contributed by atoms with Crippen LogP contribution in [-0.4, -0.2) is 34.7 Å². The lowest BCUT2D eigenvalue weighted by Gasteiger charge is -2.49. The normalized spacial score (nSPS) is 37.6. The maximum Gasteiger partial charge on any atom is 0.0811 e. The van der Waals surface area contributed by atoms with E-state index >= 15 is 0 Å². The lowest BCUT2D eigenvalue weighted by atomic mass is 9.78. The van der Waals surface area contributed by atoms with Gasteiger partial charge in [-0.1, -0.05) is 38.3 Å². The molecule has 0 spiro atoms. The minimum atomic E-state index is -0.517. The highest BCUT2D eigenvalue weighted by atomic mass is 16.3. The van der Waals surface area contributed by atoms with Crippen molar-refractivity contribution in [1.82, 2.24) is 4.90 Å². The number of piperidine rings is 2. The first-order chi connectivity index (χ1) is 8.53. The van der Waals surface area contributed by atoms with Crippen LogP contribution >= 0.6 is 0 Å². The molecule has 0 aromatic rings. The number of rotatable bonds is 3. The standard InChI is InChI=1S/C16H29NO/c1-4-7-13(2)10-14-11-16(3,18)15-8-5-6-9-17(15)12-14/h10,13,15,18H,4-9,11-12H2,1-3H3/b14-10-. The fourth-order valence-electron chi connectivity index (χ4n) is 3.83. The van der Waals surface area contributed by atoms with Crippen molar-refractivity contribution < 1.29 is 5.11 Å². The fraction of sp³-hybridized carbons (Fsp3) is 0.875. The summed E-state index contributed by atoms with van der Waals surface area (Å²) < 4.78 is 0. The Morgan fingerprint density at radius 2 is 2.28 bits per heavy atom. The van der Waals surface area contributed by atoms with E-state index in [1.165, 1.54) is 44.2 Å². The molecule has 2 rings (SSSR count). The molecule has 2 fully saturated rings. The molecule has 0 aromatic heterocycles. The second kappa shape index (κ2) is 5.75. The summed E-state index contributed by atoms with van der Waals surface area (Å²) in [6.07, 6.45) is 9.55. The van der Waals surface area contributed by atoms with Crippen molar-refractivity contribution in [3.05, 3.63) is 11.6 Å². The van der Waals surface area contributed by atoms with E-state index in [2.05, 4.69) is 24.8 Å². The molecule has 104 valence electrons. The molecule has 18 heavy (non-hydrogen) atoms. The summed E-state index contributed by atoms with van der Waals surface area (Å²) in [5.74, 6) is 0.655. The molecule has 0 saturated carbocycles. The zero-order valence-electron chi connectivity index (χ0n) is 12.3. The van der Waals surface area contributed by atoms with Crippen molar-refractivity contribution in [2.24, 2.45) is 5.92 Å². The van der Waals surface area contributed by atoms with Crippen molar-refractivity contribution in [2.75, 3.05) is 13.1 Å². The van der Waals surface area contributed by atoms with Gasteiger partial charge in [-0.2, -0.15) is 0 Å². The van der Waals surface area contributed by atoms with E-state index in [-0.39, 0.29) is 0 Å². The Kier molecular flexibility index (Phi) is 4.50. The molecule has 2 aliphatic heterocycles. The van der Waals surface area contributed by atoms with Gasteiger partial charge in [0.2, 0.25) is 0 Å². The molecule has 0 bridgehead atoms. The maximum absolute atomic E-state index is 10.7. The van der Waals surface area contributed by atoms with Gasteiger partial charge >= 0.3 is 0 Å². The molecular weight excluding hydrogens is 222 g/mol. The number of hydrogen-bond donors (Lipinski definition) is 1. The molecule has 0 radical (unpaired) electrons. The van der Waals surface area contributed by atoms with Gasteiger partial charge in [-0.3, -0.25) is 4.90 Å². The van der Waals surface area contributed by atoms with Crippen LogP contribution in [0.3, 0.4) is 0 Å². The van der Waals surface area contributed by atoms with Gasteiger partial charge in [-0.15, -0.1) is 0 Å². The van der Waals surface area contributed by atoms with E-state index in [9.17, 15) is 5.11 Å². The molecule has 0 amide bonds. The Morgan fingerprint density at radius 3 is 3.00 bits per heavy atom. The molecule has 2 heteroatoms. The Morgan fingerprint density at radius 1 is 1.50 bits per heavy atom. The first kappa shape index (κ1) is 14.1. The van der Waals surface area contributed by atoms with Gasteiger partial charge < -0.3 is 5.11 Å². The van der Waals surface area contributed by atoms with E-state index in [1.807, 2.05) is 6.92 Å². The first-order valence-electron chi connectivity index (χ1n) is 7.69. The summed E-state index contributed by atoms with van der Waals surface area (Å²) in [7, 11) is 0. The highest BCUT2D eigenvalue weighted by Crippen LogP contribution is 2.36. The van der Waals surface area contributed by atoms with Crippen LogP contribution in [0, 0.1) is 5.92 Å². The Bertz CT molecular complexity index is 308. The third-order valence-electron chi connectivity index (χ3n) is 4.59. The van der Waals surface area contributed by atoms with Gasteiger partial charge in [0.1, 0.15) is 0 Å². The van der Waals surface area contributed by atoms with Gasteiger partial charge in [0.25, 0.3) is 0 Å². The van der Waals surface area contributed by atoms with Crippen LogP contribution in [0.15, 0.2) is 11.6 Å². The minimum absolute atomic E-state index is 0.393. The monoisotopic (exact) mass is 251 g/mol. The smallest absolute Gasteiger partial charge is 0.0811 e. The number of allylic oxidation sites excluding steroid dienone is 1. The van der Waals surface area contributed by atoms with Gasteiger partial charge in [0.05, 0.1) is 5.60 Å². The van der Waals surface area contributed by atoms with Gasteiger partial charge in [0.15, 0.2) is 0 Å². The third kappa shape index (κ3) is 3.16. The van der Waals surface area contributed by atoms with Crippen LogP contribution in [0.1, 0.15) is 59.3 Å². The highest BCUT2D eigenvalue weighted by Gasteiger charge is 2.42. The van der Waals surface area contributed by atoms with E-state index in [0.717, 1.165) is 13.0 Å². The summed E-state index contributed by atoms with van der Waals surface area (Å²) in [6, 6.07) is 0.393. The summed E-state index contributed by atoms with van der Waals surface area (Å²) in [5, 5.41) is 10.7. The molecule has 0 aliphatic carbocycles. The average Bonchev–Trinajstić information content (AvgIpc) is 2.28. The number of fused-ring (bicyclic) bond motifs is 1. The fourth-order valence-corrected chi connectivity index (χ4v) is 3.83. The van der Waals surface area contributed by atoms with Crippen LogP contribution in [0.25, 0.3) is 0 Å². The Hall–Kier alpha value is -0.340. The first-order valence-corrected chi connectivity index (χ1v) is 7.69. The van der Waals surface area contributed by atoms with Crippen molar-refractivity contribution in [3.8, 4) is 0 Å². The number of aliphatic hydroxyl groups is 1. The summed E-state index contributed by atoms with van der Waals surface area (Å²) in [4.78, 5) is 2.51. The van der Waals surface area contributed by atoms with E-state index < -0.39 is 5.60 Å². The maximum atomic E-state index is 10.7. The highest BCUT2D eigenvalue weighted by molar-refractivity contribution is 5.17. The quantitative estimate of drug-likeness (QED) is 0.778. The number of hydrogen-bond acceptors (Lipinski definition) is 2. The average molecular weight is 251 g/mol. The largest absolute Gasteiger partial charge is 0.388 e. The Labute approximate surface area is 112 Å².